The maximum absolute atomic E-state index is 12.4. The molecular weight excluding hydrogens is 352 g/mol. The van der Waals surface area contributed by atoms with Crippen LogP contribution in [0.25, 0.3) is 0 Å². The molecule has 1 rings (SSSR count). The quantitative estimate of drug-likeness (QED) is 0.304. The molecule has 0 heterocycles. The lowest BCUT2D eigenvalue weighted by atomic mass is 10.1. The van der Waals surface area contributed by atoms with E-state index in [4.69, 9.17) is 15.3 Å². The average Bonchev–Trinajstić information content (AvgIpc) is 2.61. The van der Waals surface area contributed by atoms with Gasteiger partial charge in [0.25, 0.3) is 11.8 Å². The highest BCUT2D eigenvalue weighted by atomic mass is 16.5. The van der Waals surface area contributed by atoms with Gasteiger partial charge in [-0.2, -0.15) is 0 Å². The van der Waals surface area contributed by atoms with Gasteiger partial charge in [-0.1, -0.05) is 27.7 Å². The molecule has 0 aliphatic heterocycles. The summed E-state index contributed by atoms with van der Waals surface area (Å²) in [6, 6.07) is 2.81. The van der Waals surface area contributed by atoms with Crippen LogP contribution in [0.1, 0.15) is 55.3 Å². The Balaban J connectivity index is 3.35. The molecule has 0 aromatic heterocycles. The zero-order chi connectivity index (χ0) is 20.6. The lowest BCUT2D eigenvalue weighted by Gasteiger charge is -2.18. The van der Waals surface area contributed by atoms with Crippen LogP contribution in [0.2, 0.25) is 0 Å². The number of carbonyl (C=O) groups is 3. The largest absolute Gasteiger partial charge is 0.492 e. The van der Waals surface area contributed by atoms with Gasteiger partial charge in [0.2, 0.25) is 5.91 Å². The molecule has 0 spiro atoms. The number of nitrogen functional groups attached to an aromatic ring is 1. The van der Waals surface area contributed by atoms with Gasteiger partial charge in [0, 0.05) is 13.0 Å². The standard InChI is InChI=1S/C18H28N4O5/c1-10(2)8-26-15-7-16(27-9-11(3)4)14(6-13(15)17(24)20-19)18(25)22-21-12(5)23/h6-7,10-11H,8-9,19H2,1-5H3,(H,20,24)(H,21,23)(H,22,25). The molecule has 1 aromatic carbocycles. The van der Waals surface area contributed by atoms with Gasteiger partial charge >= 0.3 is 0 Å². The van der Waals surface area contributed by atoms with E-state index >= 15 is 0 Å². The van der Waals surface area contributed by atoms with Gasteiger partial charge in [-0.25, -0.2) is 5.84 Å². The number of nitrogens with one attached hydrogen (secondary N) is 3. The summed E-state index contributed by atoms with van der Waals surface area (Å²) < 4.78 is 11.4. The molecule has 9 nitrogen and oxygen atoms in total. The topological polar surface area (TPSA) is 132 Å². The van der Waals surface area contributed by atoms with Crippen LogP contribution in [0, 0.1) is 11.8 Å². The predicted molar refractivity (Wildman–Crippen MR) is 100 cm³/mol. The molecule has 150 valence electrons. The second kappa shape index (κ2) is 10.4. The van der Waals surface area contributed by atoms with Gasteiger partial charge < -0.3 is 9.47 Å². The van der Waals surface area contributed by atoms with E-state index in [1.165, 1.54) is 19.1 Å². The van der Waals surface area contributed by atoms with Gasteiger partial charge in [0.15, 0.2) is 0 Å². The Morgan fingerprint density at radius 3 is 1.78 bits per heavy atom. The highest BCUT2D eigenvalue weighted by molar-refractivity contribution is 6.03. The normalized spacial score (nSPS) is 10.5. The molecule has 5 N–H and O–H groups in total. The highest BCUT2D eigenvalue weighted by Crippen LogP contribution is 2.30. The van der Waals surface area contributed by atoms with Crippen molar-refractivity contribution in [2.75, 3.05) is 13.2 Å². The third-order valence-electron chi connectivity index (χ3n) is 3.20. The van der Waals surface area contributed by atoms with Crippen molar-refractivity contribution in [3.8, 4) is 11.5 Å². The van der Waals surface area contributed by atoms with Gasteiger partial charge in [0.05, 0.1) is 24.3 Å². The molecule has 0 saturated heterocycles. The summed E-state index contributed by atoms with van der Waals surface area (Å²) in [5, 5.41) is 0. The van der Waals surface area contributed by atoms with Gasteiger partial charge in [-0.05, 0) is 17.9 Å². The molecule has 0 saturated carbocycles. The number of nitrogens with two attached hydrogens (primary N) is 1. The molecule has 0 fully saturated rings. The molecule has 0 aliphatic rings. The molecule has 0 bridgehead atoms. The second-order valence-corrected chi connectivity index (χ2v) is 6.86. The number of ether oxygens (including phenoxy) is 2. The average molecular weight is 380 g/mol. The van der Waals surface area contributed by atoms with E-state index in [1.54, 1.807) is 0 Å². The number of amides is 3. The van der Waals surface area contributed by atoms with Crippen molar-refractivity contribution >= 4 is 17.7 Å². The summed E-state index contributed by atoms with van der Waals surface area (Å²) in [6.45, 7) is 9.83. The SMILES string of the molecule is CC(=O)NNC(=O)c1cc(C(=O)NN)c(OCC(C)C)cc1OCC(C)C. The van der Waals surface area contributed by atoms with Crippen molar-refractivity contribution in [1.82, 2.24) is 16.3 Å². The van der Waals surface area contributed by atoms with E-state index in [0.29, 0.717) is 13.2 Å². The van der Waals surface area contributed by atoms with E-state index in [-0.39, 0.29) is 34.5 Å². The maximum Gasteiger partial charge on any atom is 0.273 e. The minimum absolute atomic E-state index is 0.0693. The zero-order valence-electron chi connectivity index (χ0n) is 16.3. The lowest BCUT2D eigenvalue weighted by Crippen LogP contribution is -2.40. The Bertz CT molecular complexity index is 689. The van der Waals surface area contributed by atoms with Crippen molar-refractivity contribution < 1.29 is 23.9 Å². The molecule has 0 radical (unpaired) electrons. The monoisotopic (exact) mass is 380 g/mol. The fraction of sp³-hybridized carbons (Fsp3) is 0.500. The van der Waals surface area contributed by atoms with E-state index in [1.807, 2.05) is 33.1 Å². The van der Waals surface area contributed by atoms with Crippen LogP contribution in [0.15, 0.2) is 12.1 Å². The molecule has 9 heteroatoms. The first-order valence-electron chi connectivity index (χ1n) is 8.67. The Labute approximate surface area is 158 Å². The van der Waals surface area contributed by atoms with E-state index in [2.05, 4.69) is 10.9 Å². The number of benzene rings is 1. The summed E-state index contributed by atoms with van der Waals surface area (Å²) in [5.41, 5.74) is 6.65. The van der Waals surface area contributed by atoms with Crippen molar-refractivity contribution in [3.63, 3.8) is 0 Å². The number of hydrogen-bond acceptors (Lipinski definition) is 6. The smallest absolute Gasteiger partial charge is 0.273 e. The Hall–Kier alpha value is -2.81. The predicted octanol–water partition coefficient (Wildman–Crippen LogP) is 1.14. The molecule has 0 aliphatic carbocycles. The highest BCUT2D eigenvalue weighted by Gasteiger charge is 2.22. The van der Waals surface area contributed by atoms with Gasteiger partial charge in [-0.15, -0.1) is 0 Å². The molecule has 0 unspecified atom stereocenters. The summed E-state index contributed by atoms with van der Waals surface area (Å²) in [5.74, 6) is 4.48. The molecule has 27 heavy (non-hydrogen) atoms. The van der Waals surface area contributed by atoms with Crippen LogP contribution >= 0.6 is 0 Å². The minimum Gasteiger partial charge on any atom is -0.492 e. The lowest BCUT2D eigenvalue weighted by molar-refractivity contribution is -0.119. The molecule has 1 aromatic rings. The van der Waals surface area contributed by atoms with Gasteiger partial charge in [-0.3, -0.25) is 30.7 Å². The van der Waals surface area contributed by atoms with Crippen molar-refractivity contribution in [3.05, 3.63) is 23.3 Å². The number of hydrogen-bond donors (Lipinski definition) is 4. The Morgan fingerprint density at radius 1 is 0.889 bits per heavy atom. The van der Waals surface area contributed by atoms with Crippen molar-refractivity contribution in [2.24, 2.45) is 17.7 Å². The summed E-state index contributed by atoms with van der Waals surface area (Å²) in [6.07, 6.45) is 0. The fourth-order valence-corrected chi connectivity index (χ4v) is 1.96. The number of carbonyl (C=O) groups excluding carboxylic acids is 3. The van der Waals surface area contributed by atoms with E-state index < -0.39 is 17.7 Å². The third kappa shape index (κ3) is 7.14. The zero-order valence-corrected chi connectivity index (χ0v) is 16.3. The van der Waals surface area contributed by atoms with Crippen molar-refractivity contribution in [1.29, 1.82) is 0 Å². The minimum atomic E-state index is -0.634. The molecular formula is C18H28N4O5. The summed E-state index contributed by atoms with van der Waals surface area (Å²) >= 11 is 0. The number of rotatable bonds is 8. The van der Waals surface area contributed by atoms with Gasteiger partial charge in [0.1, 0.15) is 11.5 Å². The maximum atomic E-state index is 12.4. The second-order valence-electron chi connectivity index (χ2n) is 6.86. The van der Waals surface area contributed by atoms with Crippen LogP contribution < -0.4 is 31.6 Å². The van der Waals surface area contributed by atoms with Crippen LogP contribution in [-0.4, -0.2) is 30.9 Å². The van der Waals surface area contributed by atoms with E-state index in [9.17, 15) is 14.4 Å². The van der Waals surface area contributed by atoms with E-state index in [0.717, 1.165) is 0 Å². The number of hydrazine groups is 2. The summed E-state index contributed by atoms with van der Waals surface area (Å²) in [7, 11) is 0. The third-order valence-corrected chi connectivity index (χ3v) is 3.20. The first kappa shape index (κ1) is 22.2. The first-order chi connectivity index (χ1) is 12.6. The van der Waals surface area contributed by atoms with Crippen LogP contribution in [0.3, 0.4) is 0 Å². The van der Waals surface area contributed by atoms with Crippen molar-refractivity contribution in [2.45, 2.75) is 34.6 Å². The Morgan fingerprint density at radius 2 is 1.37 bits per heavy atom. The fourth-order valence-electron chi connectivity index (χ4n) is 1.96. The Kier molecular flexibility index (Phi) is 8.53. The summed E-state index contributed by atoms with van der Waals surface area (Å²) in [4.78, 5) is 35.6. The first-order valence-corrected chi connectivity index (χ1v) is 8.67. The molecule has 3 amide bonds. The molecule has 0 atom stereocenters. The van der Waals surface area contributed by atoms with Crippen LogP contribution in [0.5, 0.6) is 11.5 Å². The van der Waals surface area contributed by atoms with Crippen LogP contribution in [-0.2, 0) is 4.79 Å². The van der Waals surface area contributed by atoms with Crippen LogP contribution in [0.4, 0.5) is 0 Å².